The van der Waals surface area contributed by atoms with Gasteiger partial charge in [0.05, 0.1) is 29.7 Å². The van der Waals surface area contributed by atoms with Crippen LogP contribution < -0.4 is 10.5 Å². The van der Waals surface area contributed by atoms with Crippen LogP contribution in [-0.2, 0) is 34.1 Å². The lowest BCUT2D eigenvalue weighted by molar-refractivity contribution is 0.101. The molecule has 3 aromatic heterocycles. The summed E-state index contributed by atoms with van der Waals surface area (Å²) in [5.41, 5.74) is 1.40. The van der Waals surface area contributed by atoms with Crippen molar-refractivity contribution >= 4 is 33.2 Å². The molecule has 0 amide bonds. The van der Waals surface area contributed by atoms with Crippen molar-refractivity contribution in [2.45, 2.75) is 44.6 Å². The molecule has 36 heavy (non-hydrogen) atoms. The van der Waals surface area contributed by atoms with Crippen LogP contribution in [0.15, 0.2) is 36.4 Å². The monoisotopic (exact) mass is 533 g/mol. The third-order valence-electron chi connectivity index (χ3n) is 6.51. The average Bonchev–Trinajstić information content (AvgIpc) is 3.57. The van der Waals surface area contributed by atoms with Crippen molar-refractivity contribution in [3.05, 3.63) is 58.2 Å². The average molecular weight is 534 g/mol. The second-order valence-electron chi connectivity index (χ2n) is 9.10. The number of nitrogens with zero attached hydrogens (tertiary/aromatic N) is 5. The molecule has 0 spiro atoms. The van der Waals surface area contributed by atoms with E-state index in [1.807, 2.05) is 23.8 Å². The molecule has 3 atom stereocenters. The molecule has 0 unspecified atom stereocenters. The number of nitrogens with two attached hydrogens (primary N) is 1. The lowest BCUT2D eigenvalue weighted by Crippen LogP contribution is -2.33. The molecule has 0 saturated heterocycles. The van der Waals surface area contributed by atoms with Crippen molar-refractivity contribution < 1.29 is 22.5 Å². The largest absolute Gasteiger partial charge is 0.393 e. The maximum Gasteiger partial charge on any atom is 0.333 e. The molecular weight excluding hydrogens is 506 g/mol. The number of hydrogen-bond donors (Lipinski definition) is 3. The Labute approximate surface area is 212 Å². The predicted octanol–water partition coefficient (Wildman–Crippen LogP) is 0.753. The minimum Gasteiger partial charge on any atom is -0.393 e. The van der Waals surface area contributed by atoms with Gasteiger partial charge >= 0.3 is 10.3 Å². The molecule has 1 aliphatic carbocycles. The lowest BCUT2D eigenvalue weighted by atomic mass is 10.1. The molecule has 12 nitrogen and oxygen atoms in total. The predicted molar refractivity (Wildman–Crippen MR) is 131 cm³/mol. The smallest absolute Gasteiger partial charge is 0.333 e. The lowest BCUT2D eigenvalue weighted by Gasteiger charge is -2.27. The Morgan fingerprint density at radius 2 is 2.17 bits per heavy atom. The molecule has 192 valence electrons. The van der Waals surface area contributed by atoms with E-state index in [4.69, 9.17) is 5.14 Å². The van der Waals surface area contributed by atoms with Gasteiger partial charge in [-0.25, -0.2) is 20.1 Å². The highest BCUT2D eigenvalue weighted by atomic mass is 32.2. The highest BCUT2D eigenvalue weighted by Crippen LogP contribution is 2.30. The van der Waals surface area contributed by atoms with E-state index in [1.165, 1.54) is 23.9 Å². The van der Waals surface area contributed by atoms with Crippen LogP contribution in [0.1, 0.15) is 39.5 Å². The van der Waals surface area contributed by atoms with Gasteiger partial charge in [-0.05, 0) is 29.9 Å². The van der Waals surface area contributed by atoms with Crippen molar-refractivity contribution in [1.29, 1.82) is 0 Å². The van der Waals surface area contributed by atoms with Gasteiger partial charge in [0.2, 0.25) is 5.78 Å². The number of hydrogen-bond acceptors (Lipinski definition) is 11. The summed E-state index contributed by atoms with van der Waals surface area (Å²) >= 11 is 1.38. The van der Waals surface area contributed by atoms with E-state index < -0.39 is 22.3 Å². The molecule has 5 rings (SSSR count). The first-order valence-corrected chi connectivity index (χ1v) is 13.9. The Morgan fingerprint density at radius 3 is 3.00 bits per heavy atom. The molecule has 0 bridgehead atoms. The number of rotatable bonds is 9. The number of ketones is 1. The molecule has 1 saturated carbocycles. The second kappa shape index (κ2) is 10.3. The second-order valence-corrected chi connectivity index (χ2v) is 11.2. The molecule has 0 radical (unpaired) electrons. The van der Waals surface area contributed by atoms with Crippen molar-refractivity contribution in [1.82, 2.24) is 24.4 Å². The fourth-order valence-electron chi connectivity index (χ4n) is 4.71. The van der Waals surface area contributed by atoms with Crippen LogP contribution >= 0.6 is 11.3 Å². The molecule has 1 fully saturated rings. The van der Waals surface area contributed by atoms with Gasteiger partial charge in [-0.15, -0.1) is 11.3 Å². The normalized spacial score (nSPS) is 22.4. The van der Waals surface area contributed by atoms with Crippen LogP contribution in [0.25, 0.3) is 0 Å². The zero-order chi connectivity index (χ0) is 25.3. The van der Waals surface area contributed by atoms with Crippen LogP contribution in [0.3, 0.4) is 0 Å². The standard InChI is InChI=1S/C22H27N7O5S2/c23-36(32,33)34-11-15-6-16(7-18(15)30)27-22-17(8-24-13-26-22)21(31)19-5-14(12-35-19)9-28-3-4-29-2-1-25-20(29)10-28/h1-2,5,8,12-13,15-16,18,30H,3-4,6-7,9-11H2,(H2,23,32,33)(H,24,26,27)/t15-,16-,18+/m1/s1. The highest BCUT2D eigenvalue weighted by Gasteiger charge is 2.35. The van der Waals surface area contributed by atoms with E-state index >= 15 is 0 Å². The first kappa shape index (κ1) is 24.9. The molecule has 2 aliphatic rings. The number of nitrogens with one attached hydrogen (secondary N) is 1. The molecule has 4 heterocycles. The van der Waals surface area contributed by atoms with Gasteiger partial charge in [0, 0.05) is 50.2 Å². The molecule has 1 aliphatic heterocycles. The molecule has 4 N–H and O–H groups in total. The van der Waals surface area contributed by atoms with Gasteiger partial charge in [0.25, 0.3) is 0 Å². The summed E-state index contributed by atoms with van der Waals surface area (Å²) in [5.74, 6) is 0.823. The summed E-state index contributed by atoms with van der Waals surface area (Å²) < 4.78 is 28.9. The van der Waals surface area contributed by atoms with Crippen LogP contribution in [0.2, 0.25) is 0 Å². The fourth-order valence-corrected chi connectivity index (χ4v) is 5.93. The number of fused-ring (bicyclic) bond motifs is 1. The fraction of sp³-hybridized carbons (Fsp3) is 0.455. The Morgan fingerprint density at radius 1 is 1.31 bits per heavy atom. The molecule has 0 aromatic carbocycles. The van der Waals surface area contributed by atoms with Gasteiger partial charge in [-0.1, -0.05) is 0 Å². The van der Waals surface area contributed by atoms with Crippen LogP contribution in [0, 0.1) is 5.92 Å². The van der Waals surface area contributed by atoms with Crippen LogP contribution in [0.5, 0.6) is 0 Å². The van der Waals surface area contributed by atoms with Crippen molar-refractivity contribution in [3.8, 4) is 0 Å². The van der Waals surface area contributed by atoms with E-state index in [1.54, 1.807) is 0 Å². The summed E-state index contributed by atoms with van der Waals surface area (Å²) in [7, 11) is -4.08. The van der Waals surface area contributed by atoms with Gasteiger partial charge < -0.3 is 15.0 Å². The van der Waals surface area contributed by atoms with E-state index in [2.05, 4.69) is 33.9 Å². The topological polar surface area (TPSA) is 166 Å². The Hall–Kier alpha value is -2.75. The third-order valence-corrected chi connectivity index (χ3v) is 7.95. The van der Waals surface area contributed by atoms with Crippen LogP contribution in [0.4, 0.5) is 5.82 Å². The number of aliphatic hydroxyl groups is 1. The van der Waals surface area contributed by atoms with E-state index in [-0.39, 0.29) is 18.4 Å². The number of carbonyl (C=O) groups excluding carboxylic acids is 1. The maximum absolute atomic E-state index is 13.3. The number of aromatic nitrogens is 4. The zero-order valence-corrected chi connectivity index (χ0v) is 21.0. The van der Waals surface area contributed by atoms with E-state index in [9.17, 15) is 18.3 Å². The minimum absolute atomic E-state index is 0.184. The maximum atomic E-state index is 13.3. The summed E-state index contributed by atoms with van der Waals surface area (Å²) in [6, 6.07) is 1.69. The minimum atomic E-state index is -4.08. The van der Waals surface area contributed by atoms with Crippen LogP contribution in [-0.4, -0.2) is 69.0 Å². The number of imidazole rings is 1. The number of thiophene rings is 1. The van der Waals surface area contributed by atoms with Crippen molar-refractivity contribution in [2.75, 3.05) is 18.5 Å². The van der Waals surface area contributed by atoms with Gasteiger partial charge in [-0.3, -0.25) is 13.9 Å². The summed E-state index contributed by atoms with van der Waals surface area (Å²) in [6.07, 6.45) is 6.67. The molecule has 3 aromatic rings. The summed E-state index contributed by atoms with van der Waals surface area (Å²) in [5, 5.41) is 20.4. The van der Waals surface area contributed by atoms with E-state index in [0.29, 0.717) is 29.1 Å². The Balaban J connectivity index is 1.23. The molecular formula is C22H27N7O5S2. The highest BCUT2D eigenvalue weighted by molar-refractivity contribution is 7.84. The van der Waals surface area contributed by atoms with Crippen molar-refractivity contribution in [2.24, 2.45) is 11.1 Å². The summed E-state index contributed by atoms with van der Waals surface area (Å²) in [4.78, 5) is 28.9. The number of aliphatic hydroxyl groups excluding tert-OH is 1. The molecule has 14 heteroatoms. The van der Waals surface area contributed by atoms with Gasteiger partial charge in [0.15, 0.2) is 0 Å². The number of carbonyl (C=O) groups is 1. The first-order chi connectivity index (χ1) is 17.2. The zero-order valence-electron chi connectivity index (χ0n) is 19.4. The van der Waals surface area contributed by atoms with Crippen molar-refractivity contribution in [3.63, 3.8) is 0 Å². The first-order valence-electron chi connectivity index (χ1n) is 11.5. The van der Waals surface area contributed by atoms with Gasteiger partial charge in [-0.2, -0.15) is 8.42 Å². The quantitative estimate of drug-likeness (QED) is 0.334. The SMILES string of the molecule is NS(=O)(=O)OC[C@H]1C[C@@H](Nc2ncncc2C(=O)c2cc(CN3CCn4ccnc4C3)cs2)C[C@@H]1O. The van der Waals surface area contributed by atoms with Gasteiger partial charge in [0.1, 0.15) is 18.0 Å². The third kappa shape index (κ3) is 5.79. The number of anilines is 1. The Kier molecular flexibility index (Phi) is 7.14. The summed E-state index contributed by atoms with van der Waals surface area (Å²) in [6.45, 7) is 3.11. The van der Waals surface area contributed by atoms with E-state index in [0.717, 1.165) is 37.6 Å². The Bertz CT molecular complexity index is 1340.